The average Bonchev–Trinajstić information content (AvgIpc) is 3.59. The Kier molecular flexibility index (Phi) is 10.6. The number of benzene rings is 5. The van der Waals surface area contributed by atoms with Crippen LogP contribution in [-0.2, 0) is 9.59 Å². The SMILES string of the molecule is CCC(Sc1cccc(NC(=O)/C(=C/c2ccc(C)cc2)NC(=O)c2ccccc2)c1)C(=O)Nc1nc(-c2ccc3ccccc3c2)cs1. The topological polar surface area (TPSA) is 100 Å². The Hall–Kier alpha value is -5.51. The molecule has 0 saturated heterocycles. The number of thioether (sulfide) groups is 1. The molecule has 1 heterocycles. The molecule has 7 nitrogen and oxygen atoms in total. The van der Waals surface area contributed by atoms with E-state index in [1.165, 1.54) is 23.1 Å². The molecule has 1 aromatic heterocycles. The number of fused-ring (bicyclic) bond motifs is 1. The maximum absolute atomic E-state index is 13.5. The largest absolute Gasteiger partial charge is 0.321 e. The summed E-state index contributed by atoms with van der Waals surface area (Å²) in [6.07, 6.45) is 2.24. The Morgan fingerprint density at radius 1 is 0.816 bits per heavy atom. The summed E-state index contributed by atoms with van der Waals surface area (Å²) in [5, 5.41) is 13.1. The fourth-order valence-electron chi connectivity index (χ4n) is 5.10. The minimum Gasteiger partial charge on any atom is -0.321 e. The molecule has 6 aromatic rings. The van der Waals surface area contributed by atoms with Gasteiger partial charge in [0.2, 0.25) is 5.91 Å². The molecule has 9 heteroatoms. The van der Waals surface area contributed by atoms with E-state index in [-0.39, 0.29) is 22.8 Å². The molecule has 0 radical (unpaired) electrons. The monoisotopic (exact) mass is 682 g/mol. The fraction of sp³-hybridized carbons (Fsp3) is 0.100. The Morgan fingerprint density at radius 3 is 2.35 bits per heavy atom. The van der Waals surface area contributed by atoms with Gasteiger partial charge in [-0.3, -0.25) is 14.4 Å². The normalized spacial score (nSPS) is 11.9. The van der Waals surface area contributed by atoms with E-state index in [0.717, 1.165) is 38.1 Å². The highest BCUT2D eigenvalue weighted by molar-refractivity contribution is 8.00. The lowest BCUT2D eigenvalue weighted by Crippen LogP contribution is -2.30. The number of carbonyl (C=O) groups is 3. The third kappa shape index (κ3) is 8.70. The van der Waals surface area contributed by atoms with Crippen molar-refractivity contribution in [1.82, 2.24) is 10.3 Å². The number of amides is 3. The summed E-state index contributed by atoms with van der Waals surface area (Å²) in [5.41, 5.74) is 4.74. The van der Waals surface area contributed by atoms with E-state index in [2.05, 4.69) is 45.2 Å². The standard InChI is InChI=1S/C40H34N4O3S2/c1-3-36(39(47)44-40-43-35(25-48-40)31-21-20-28-10-7-8-13-30(28)23-31)49-33-15-9-14-32(24-33)41-38(46)34(22-27-18-16-26(2)17-19-27)42-37(45)29-11-5-4-6-12-29/h4-25,36H,3H2,1-2H3,(H,41,46)(H,42,45)(H,43,44,47)/b34-22-. The first kappa shape index (κ1) is 33.4. The smallest absolute Gasteiger partial charge is 0.272 e. The van der Waals surface area contributed by atoms with Crippen LogP contribution < -0.4 is 16.0 Å². The van der Waals surface area contributed by atoms with Crippen molar-refractivity contribution < 1.29 is 14.4 Å². The van der Waals surface area contributed by atoms with E-state index in [9.17, 15) is 14.4 Å². The van der Waals surface area contributed by atoms with Gasteiger partial charge in [-0.2, -0.15) is 0 Å². The molecule has 5 aromatic carbocycles. The molecule has 49 heavy (non-hydrogen) atoms. The van der Waals surface area contributed by atoms with E-state index >= 15 is 0 Å². The highest BCUT2D eigenvalue weighted by Gasteiger charge is 2.21. The number of nitrogens with zero attached hydrogens (tertiary/aromatic N) is 1. The number of aryl methyl sites for hydroxylation is 1. The predicted molar refractivity (Wildman–Crippen MR) is 202 cm³/mol. The zero-order valence-corrected chi connectivity index (χ0v) is 28.6. The zero-order chi connectivity index (χ0) is 34.2. The van der Waals surface area contributed by atoms with Crippen molar-refractivity contribution in [2.24, 2.45) is 0 Å². The van der Waals surface area contributed by atoms with Crippen LogP contribution in [0, 0.1) is 6.92 Å². The Morgan fingerprint density at radius 2 is 1.57 bits per heavy atom. The molecule has 1 unspecified atom stereocenters. The molecule has 0 fully saturated rings. The molecule has 3 amide bonds. The molecule has 6 rings (SSSR count). The highest BCUT2D eigenvalue weighted by Crippen LogP contribution is 2.31. The molecule has 3 N–H and O–H groups in total. The van der Waals surface area contributed by atoms with Crippen LogP contribution in [0.15, 0.2) is 137 Å². The first-order valence-electron chi connectivity index (χ1n) is 15.8. The summed E-state index contributed by atoms with van der Waals surface area (Å²) in [7, 11) is 0. The first-order chi connectivity index (χ1) is 23.8. The summed E-state index contributed by atoms with van der Waals surface area (Å²) in [6, 6.07) is 38.1. The number of anilines is 2. The van der Waals surface area contributed by atoms with Crippen molar-refractivity contribution in [2.75, 3.05) is 10.6 Å². The van der Waals surface area contributed by atoms with E-state index < -0.39 is 5.91 Å². The number of thiazole rings is 1. The molecule has 244 valence electrons. The maximum Gasteiger partial charge on any atom is 0.272 e. The summed E-state index contributed by atoms with van der Waals surface area (Å²) in [6.45, 7) is 3.95. The summed E-state index contributed by atoms with van der Waals surface area (Å²) >= 11 is 2.80. The minimum absolute atomic E-state index is 0.105. The van der Waals surface area contributed by atoms with Gasteiger partial charge in [0.05, 0.1) is 10.9 Å². The molecule has 1 atom stereocenters. The van der Waals surface area contributed by atoms with Crippen LogP contribution >= 0.6 is 23.1 Å². The van der Waals surface area contributed by atoms with Crippen LogP contribution in [-0.4, -0.2) is 28.0 Å². The number of nitrogens with one attached hydrogen (secondary N) is 3. The number of hydrogen-bond donors (Lipinski definition) is 3. The van der Waals surface area contributed by atoms with Gasteiger partial charge in [0.25, 0.3) is 11.8 Å². The fourth-order valence-corrected chi connectivity index (χ4v) is 6.84. The van der Waals surface area contributed by atoms with Crippen LogP contribution in [0.25, 0.3) is 28.1 Å². The summed E-state index contributed by atoms with van der Waals surface area (Å²) in [5.74, 6) is -1.00. The molecule has 0 aliphatic rings. The lowest BCUT2D eigenvalue weighted by molar-refractivity contribution is -0.116. The molecular formula is C40H34N4O3S2. The van der Waals surface area contributed by atoms with Gasteiger partial charge in [0.1, 0.15) is 5.70 Å². The van der Waals surface area contributed by atoms with Gasteiger partial charge in [0, 0.05) is 27.1 Å². The molecule has 0 saturated carbocycles. The van der Waals surface area contributed by atoms with Gasteiger partial charge in [-0.15, -0.1) is 23.1 Å². The Labute approximate surface area is 293 Å². The number of rotatable bonds is 11. The summed E-state index contributed by atoms with van der Waals surface area (Å²) in [4.78, 5) is 45.4. The maximum atomic E-state index is 13.5. The van der Waals surface area contributed by atoms with Gasteiger partial charge < -0.3 is 16.0 Å². The van der Waals surface area contributed by atoms with Crippen molar-refractivity contribution in [3.8, 4) is 11.3 Å². The van der Waals surface area contributed by atoms with E-state index in [1.54, 1.807) is 36.4 Å². The number of carbonyl (C=O) groups excluding carboxylic acids is 3. The Bertz CT molecular complexity index is 2140. The third-order valence-electron chi connectivity index (χ3n) is 7.73. The van der Waals surface area contributed by atoms with Gasteiger partial charge in [-0.05, 0) is 72.2 Å². The lowest BCUT2D eigenvalue weighted by Gasteiger charge is -2.15. The number of aromatic nitrogens is 1. The predicted octanol–water partition coefficient (Wildman–Crippen LogP) is 9.19. The second-order valence-corrected chi connectivity index (χ2v) is 13.5. The van der Waals surface area contributed by atoms with E-state index in [1.807, 2.05) is 86.0 Å². The van der Waals surface area contributed by atoms with Crippen molar-refractivity contribution >= 4 is 68.5 Å². The first-order valence-corrected chi connectivity index (χ1v) is 17.6. The van der Waals surface area contributed by atoms with Crippen LogP contribution in [0.4, 0.5) is 10.8 Å². The molecule has 0 aliphatic heterocycles. The van der Waals surface area contributed by atoms with Gasteiger partial charge in [-0.1, -0.05) is 97.4 Å². The highest BCUT2D eigenvalue weighted by atomic mass is 32.2. The van der Waals surface area contributed by atoms with Crippen molar-refractivity contribution in [2.45, 2.75) is 30.4 Å². The zero-order valence-electron chi connectivity index (χ0n) is 27.0. The average molecular weight is 683 g/mol. The van der Waals surface area contributed by atoms with Crippen LogP contribution in [0.1, 0.15) is 34.8 Å². The van der Waals surface area contributed by atoms with Crippen molar-refractivity contribution in [3.05, 3.63) is 149 Å². The van der Waals surface area contributed by atoms with E-state index in [4.69, 9.17) is 0 Å². The van der Waals surface area contributed by atoms with Crippen LogP contribution in [0.2, 0.25) is 0 Å². The molecule has 0 bridgehead atoms. The molecule has 0 aliphatic carbocycles. The summed E-state index contributed by atoms with van der Waals surface area (Å²) < 4.78 is 0. The van der Waals surface area contributed by atoms with Gasteiger partial charge >= 0.3 is 0 Å². The van der Waals surface area contributed by atoms with Crippen molar-refractivity contribution in [3.63, 3.8) is 0 Å². The Balaban J connectivity index is 1.13. The van der Waals surface area contributed by atoms with Crippen LogP contribution in [0.3, 0.4) is 0 Å². The molecule has 0 spiro atoms. The second kappa shape index (κ2) is 15.6. The second-order valence-electron chi connectivity index (χ2n) is 11.4. The number of hydrogen-bond acceptors (Lipinski definition) is 6. The van der Waals surface area contributed by atoms with Crippen molar-refractivity contribution in [1.29, 1.82) is 0 Å². The minimum atomic E-state index is -0.470. The van der Waals surface area contributed by atoms with E-state index in [0.29, 0.717) is 22.8 Å². The van der Waals surface area contributed by atoms with Gasteiger partial charge in [0.15, 0.2) is 5.13 Å². The van der Waals surface area contributed by atoms with Gasteiger partial charge in [-0.25, -0.2) is 4.98 Å². The lowest BCUT2D eigenvalue weighted by atomic mass is 10.1. The third-order valence-corrected chi connectivity index (χ3v) is 9.85. The molecular weight excluding hydrogens is 649 g/mol. The van der Waals surface area contributed by atoms with Crippen LogP contribution in [0.5, 0.6) is 0 Å². The quantitative estimate of drug-likeness (QED) is 0.0935.